The molecule has 0 saturated heterocycles. The minimum Gasteiger partial charge on any atom is -0.406 e. The van der Waals surface area contributed by atoms with Gasteiger partial charge in [-0.3, -0.25) is 0 Å². The van der Waals surface area contributed by atoms with Gasteiger partial charge in [0.1, 0.15) is 22.6 Å². The summed E-state index contributed by atoms with van der Waals surface area (Å²) in [5.74, 6) is 2.08. The molecule has 1 fully saturated rings. The minimum atomic E-state index is -4.75. The second-order valence-corrected chi connectivity index (χ2v) is 10.5. The molecule has 1 atom stereocenters. The standard InChI is InChI=1S/C25H30F3N5O2S/c1-33(2)23-21-5-3-4-6-22(21)31-24(32-23)29-15-17-7-9-18(10-8-17)16-30-36(34)20-13-11-19(12-14-20)35-25(26,27)28/h3-6,11-14,17-18,30H,7-10,15-16H2,1-2H3,(H,29,31,32). The molecular formula is C25H30F3N5O2S. The van der Waals surface area contributed by atoms with Gasteiger partial charge in [-0.15, -0.1) is 13.2 Å². The van der Waals surface area contributed by atoms with Crippen LogP contribution in [0.1, 0.15) is 25.7 Å². The molecule has 2 aromatic carbocycles. The van der Waals surface area contributed by atoms with Crippen molar-refractivity contribution < 1.29 is 22.1 Å². The van der Waals surface area contributed by atoms with E-state index in [1.165, 1.54) is 24.3 Å². The van der Waals surface area contributed by atoms with Crippen molar-refractivity contribution in [3.8, 4) is 5.75 Å². The van der Waals surface area contributed by atoms with Crippen molar-refractivity contribution in [3.63, 3.8) is 0 Å². The molecule has 3 aromatic rings. The Morgan fingerprint density at radius 1 is 0.972 bits per heavy atom. The number of hydrogen-bond donors (Lipinski definition) is 2. The molecule has 0 amide bonds. The van der Waals surface area contributed by atoms with Gasteiger partial charge in [-0.1, -0.05) is 12.1 Å². The summed E-state index contributed by atoms with van der Waals surface area (Å²) in [4.78, 5) is 11.8. The molecule has 36 heavy (non-hydrogen) atoms. The Balaban J connectivity index is 1.22. The fraction of sp³-hybridized carbons (Fsp3) is 0.440. The number of benzene rings is 2. The summed E-state index contributed by atoms with van der Waals surface area (Å²) in [6.07, 6.45) is -0.634. The molecule has 0 aliphatic heterocycles. The Bertz CT molecular complexity index is 1180. The second-order valence-electron chi connectivity index (χ2n) is 9.19. The van der Waals surface area contributed by atoms with Crippen molar-refractivity contribution >= 4 is 33.7 Å². The lowest BCUT2D eigenvalue weighted by atomic mass is 9.82. The number of rotatable bonds is 9. The number of nitrogens with zero attached hydrogens (tertiary/aromatic N) is 3. The van der Waals surface area contributed by atoms with E-state index >= 15 is 0 Å². The Morgan fingerprint density at radius 3 is 2.25 bits per heavy atom. The third-order valence-corrected chi connectivity index (χ3v) is 7.43. The van der Waals surface area contributed by atoms with Gasteiger partial charge in [0.05, 0.1) is 10.4 Å². The topological polar surface area (TPSA) is 79.4 Å². The molecule has 2 N–H and O–H groups in total. The average molecular weight is 522 g/mol. The van der Waals surface area contributed by atoms with E-state index in [0.29, 0.717) is 29.2 Å². The average Bonchev–Trinajstić information content (AvgIpc) is 2.85. The van der Waals surface area contributed by atoms with Gasteiger partial charge >= 0.3 is 6.36 Å². The van der Waals surface area contributed by atoms with Crippen molar-refractivity contribution in [1.82, 2.24) is 14.7 Å². The summed E-state index contributed by atoms with van der Waals surface area (Å²) >= 11 is 0. The van der Waals surface area contributed by atoms with Crippen LogP contribution in [0.4, 0.5) is 24.9 Å². The molecular weight excluding hydrogens is 491 g/mol. The number of para-hydroxylation sites is 1. The summed E-state index contributed by atoms with van der Waals surface area (Å²) < 4.78 is 56.2. The van der Waals surface area contributed by atoms with Gasteiger partial charge in [0.15, 0.2) is 0 Å². The highest BCUT2D eigenvalue weighted by atomic mass is 32.2. The first-order chi connectivity index (χ1) is 17.2. The Labute approximate surface area is 211 Å². The number of anilines is 2. The van der Waals surface area contributed by atoms with Crippen molar-refractivity contribution in [2.75, 3.05) is 37.4 Å². The number of ether oxygens (including phenoxy) is 1. The predicted octanol–water partition coefficient (Wildman–Crippen LogP) is 5.13. The van der Waals surface area contributed by atoms with E-state index in [2.05, 4.69) is 19.8 Å². The van der Waals surface area contributed by atoms with Gasteiger partial charge in [-0.05, 0) is 73.9 Å². The zero-order valence-electron chi connectivity index (χ0n) is 20.2. The fourth-order valence-corrected chi connectivity index (χ4v) is 5.33. The zero-order chi connectivity index (χ0) is 25.7. The smallest absolute Gasteiger partial charge is 0.406 e. The molecule has 0 spiro atoms. The lowest BCUT2D eigenvalue weighted by molar-refractivity contribution is -0.274. The van der Waals surface area contributed by atoms with Gasteiger partial charge < -0.3 is 15.0 Å². The third-order valence-electron chi connectivity index (χ3n) is 6.30. The van der Waals surface area contributed by atoms with Crippen LogP contribution in [0.3, 0.4) is 0 Å². The largest absolute Gasteiger partial charge is 0.573 e. The van der Waals surface area contributed by atoms with E-state index in [0.717, 1.165) is 48.9 Å². The van der Waals surface area contributed by atoms with Gasteiger partial charge in [0, 0.05) is 32.6 Å². The van der Waals surface area contributed by atoms with Crippen LogP contribution in [0.2, 0.25) is 0 Å². The highest BCUT2D eigenvalue weighted by molar-refractivity contribution is 7.83. The van der Waals surface area contributed by atoms with Crippen molar-refractivity contribution in [1.29, 1.82) is 0 Å². The SMILES string of the molecule is CN(C)c1nc(NCC2CCC(CNS(=O)c3ccc(OC(F)(F)F)cc3)CC2)nc2ccccc12. The highest BCUT2D eigenvalue weighted by Gasteiger charge is 2.31. The Hall–Kier alpha value is -2.92. The van der Waals surface area contributed by atoms with E-state index in [9.17, 15) is 17.4 Å². The quantitative estimate of drug-likeness (QED) is 0.407. The summed E-state index contributed by atoms with van der Waals surface area (Å²) in [6.45, 7) is 1.39. The molecule has 1 aliphatic carbocycles. The zero-order valence-corrected chi connectivity index (χ0v) is 21.0. The van der Waals surface area contributed by atoms with Crippen LogP contribution in [-0.2, 0) is 11.0 Å². The summed E-state index contributed by atoms with van der Waals surface area (Å²) in [6, 6.07) is 13.1. The predicted molar refractivity (Wildman–Crippen MR) is 135 cm³/mol. The molecule has 1 heterocycles. The maximum absolute atomic E-state index is 12.5. The number of fused-ring (bicyclic) bond motifs is 1. The van der Waals surface area contributed by atoms with E-state index in [1.807, 2.05) is 43.3 Å². The Morgan fingerprint density at radius 2 is 1.61 bits per heavy atom. The molecule has 194 valence electrons. The van der Waals surface area contributed by atoms with Crippen LogP contribution < -0.4 is 19.7 Å². The van der Waals surface area contributed by atoms with Gasteiger partial charge in [-0.2, -0.15) is 4.98 Å². The lowest BCUT2D eigenvalue weighted by Crippen LogP contribution is -2.29. The van der Waals surface area contributed by atoms with Gasteiger partial charge in [0.2, 0.25) is 5.95 Å². The number of aromatic nitrogens is 2. The summed E-state index contributed by atoms with van der Waals surface area (Å²) in [5.41, 5.74) is 0.906. The first-order valence-electron chi connectivity index (χ1n) is 11.9. The van der Waals surface area contributed by atoms with Crippen molar-refractivity contribution in [2.24, 2.45) is 11.8 Å². The second kappa shape index (κ2) is 11.4. The normalized spacial score (nSPS) is 19.1. The van der Waals surface area contributed by atoms with E-state index < -0.39 is 17.3 Å². The summed E-state index contributed by atoms with van der Waals surface area (Å²) in [5, 5.41) is 4.43. The van der Waals surface area contributed by atoms with E-state index in [1.54, 1.807) is 0 Å². The molecule has 1 unspecified atom stereocenters. The molecule has 4 rings (SSSR count). The number of halogens is 3. The van der Waals surface area contributed by atoms with Crippen LogP contribution in [0.5, 0.6) is 5.75 Å². The van der Waals surface area contributed by atoms with Crippen LogP contribution in [-0.4, -0.2) is 47.7 Å². The van der Waals surface area contributed by atoms with Gasteiger partial charge in [0.25, 0.3) is 0 Å². The summed E-state index contributed by atoms with van der Waals surface area (Å²) in [7, 11) is 2.45. The fourth-order valence-electron chi connectivity index (χ4n) is 4.40. The molecule has 1 aromatic heterocycles. The van der Waals surface area contributed by atoms with Crippen LogP contribution in [0.15, 0.2) is 53.4 Å². The molecule has 0 radical (unpaired) electrons. The number of alkyl halides is 3. The monoisotopic (exact) mass is 521 g/mol. The highest BCUT2D eigenvalue weighted by Crippen LogP contribution is 2.30. The molecule has 0 bridgehead atoms. The van der Waals surface area contributed by atoms with E-state index in [4.69, 9.17) is 4.98 Å². The van der Waals surface area contributed by atoms with Gasteiger partial charge in [-0.25, -0.2) is 13.9 Å². The van der Waals surface area contributed by atoms with Crippen LogP contribution in [0, 0.1) is 11.8 Å². The van der Waals surface area contributed by atoms with Crippen LogP contribution >= 0.6 is 0 Å². The maximum atomic E-state index is 12.5. The molecule has 1 aliphatic rings. The van der Waals surface area contributed by atoms with Crippen molar-refractivity contribution in [3.05, 3.63) is 48.5 Å². The number of hydrogen-bond acceptors (Lipinski definition) is 6. The van der Waals surface area contributed by atoms with Crippen LogP contribution in [0.25, 0.3) is 10.9 Å². The first kappa shape index (κ1) is 26.2. The van der Waals surface area contributed by atoms with E-state index in [-0.39, 0.29) is 5.75 Å². The maximum Gasteiger partial charge on any atom is 0.573 e. The molecule has 1 saturated carbocycles. The molecule has 7 nitrogen and oxygen atoms in total. The minimum absolute atomic E-state index is 0.331. The van der Waals surface area contributed by atoms with Crippen molar-refractivity contribution in [2.45, 2.75) is 36.9 Å². The third kappa shape index (κ3) is 7.07. The Kier molecular flexibility index (Phi) is 8.30. The molecule has 11 heteroatoms. The number of nitrogens with one attached hydrogen (secondary N) is 2. The first-order valence-corrected chi connectivity index (χ1v) is 13.0. The lowest BCUT2D eigenvalue weighted by Gasteiger charge is -2.28.